The molecular weight excluding hydrogens is 522 g/mol. The number of hydrogen-bond acceptors (Lipinski definition) is 10. The zero-order valence-electron chi connectivity index (χ0n) is 21.9. The van der Waals surface area contributed by atoms with Crippen LogP contribution in [0.2, 0.25) is 0 Å². The number of carbonyl (C=O) groups is 2. The maximum absolute atomic E-state index is 13.3. The SMILES string of the molecule is CCOC(=O)COc1c(OC)c(OC)cc2oc(-c3cccc(NC(=O)c4ccc5c(c4)OCO5)c3)cc(=O)c12. The van der Waals surface area contributed by atoms with Crippen molar-refractivity contribution in [2.75, 3.05) is 39.5 Å². The Morgan fingerprint density at radius 1 is 0.950 bits per heavy atom. The van der Waals surface area contributed by atoms with Crippen molar-refractivity contribution in [1.82, 2.24) is 0 Å². The van der Waals surface area contributed by atoms with E-state index in [0.717, 1.165) is 0 Å². The van der Waals surface area contributed by atoms with Gasteiger partial charge >= 0.3 is 5.97 Å². The lowest BCUT2D eigenvalue weighted by atomic mass is 10.1. The minimum atomic E-state index is -0.610. The first-order valence-corrected chi connectivity index (χ1v) is 12.2. The lowest BCUT2D eigenvalue weighted by molar-refractivity contribution is -0.145. The molecule has 1 aliphatic heterocycles. The van der Waals surface area contributed by atoms with Crippen LogP contribution in [0.3, 0.4) is 0 Å². The lowest BCUT2D eigenvalue weighted by Crippen LogP contribution is -2.16. The van der Waals surface area contributed by atoms with Gasteiger partial charge in [0.1, 0.15) is 16.7 Å². The monoisotopic (exact) mass is 547 g/mol. The molecule has 0 saturated heterocycles. The first-order chi connectivity index (χ1) is 19.4. The number of fused-ring (bicyclic) bond motifs is 2. The average Bonchev–Trinajstić information content (AvgIpc) is 3.43. The second-order valence-electron chi connectivity index (χ2n) is 8.49. The summed E-state index contributed by atoms with van der Waals surface area (Å²) in [4.78, 5) is 38.1. The first-order valence-electron chi connectivity index (χ1n) is 12.2. The Balaban J connectivity index is 1.48. The van der Waals surface area contributed by atoms with Gasteiger partial charge in [-0.2, -0.15) is 0 Å². The molecule has 0 bridgehead atoms. The summed E-state index contributed by atoms with van der Waals surface area (Å²) >= 11 is 0. The maximum atomic E-state index is 13.3. The van der Waals surface area contributed by atoms with Crippen molar-refractivity contribution in [3.8, 4) is 40.1 Å². The molecule has 2 heterocycles. The number of ether oxygens (including phenoxy) is 6. The first kappa shape index (κ1) is 26.4. The third-order valence-electron chi connectivity index (χ3n) is 6.00. The molecule has 1 aliphatic rings. The van der Waals surface area contributed by atoms with E-state index in [9.17, 15) is 14.4 Å². The van der Waals surface area contributed by atoms with Gasteiger partial charge in [-0.05, 0) is 37.3 Å². The van der Waals surface area contributed by atoms with Gasteiger partial charge in [0.25, 0.3) is 5.91 Å². The molecule has 11 heteroatoms. The van der Waals surface area contributed by atoms with Crippen molar-refractivity contribution < 1.29 is 42.4 Å². The topological polar surface area (TPSA) is 132 Å². The molecule has 0 saturated carbocycles. The van der Waals surface area contributed by atoms with Crippen LogP contribution in [0.4, 0.5) is 5.69 Å². The molecule has 0 unspecified atom stereocenters. The van der Waals surface area contributed by atoms with Crippen LogP contribution < -0.4 is 34.4 Å². The molecule has 0 atom stereocenters. The van der Waals surface area contributed by atoms with Gasteiger partial charge in [-0.15, -0.1) is 0 Å². The summed E-state index contributed by atoms with van der Waals surface area (Å²) < 4.78 is 38.1. The van der Waals surface area contributed by atoms with E-state index in [4.69, 9.17) is 32.8 Å². The van der Waals surface area contributed by atoms with E-state index in [0.29, 0.717) is 28.3 Å². The molecule has 0 spiro atoms. The van der Waals surface area contributed by atoms with Gasteiger partial charge in [-0.1, -0.05) is 12.1 Å². The van der Waals surface area contributed by atoms with Gasteiger partial charge < -0.3 is 38.2 Å². The van der Waals surface area contributed by atoms with Gasteiger partial charge in [0.15, 0.2) is 35.0 Å². The number of esters is 1. The van der Waals surface area contributed by atoms with Crippen molar-refractivity contribution in [2.24, 2.45) is 0 Å². The molecular formula is C29H25NO10. The highest BCUT2D eigenvalue weighted by atomic mass is 16.7. The van der Waals surface area contributed by atoms with Crippen molar-refractivity contribution in [1.29, 1.82) is 0 Å². The van der Waals surface area contributed by atoms with Crippen LogP contribution in [-0.4, -0.2) is 46.1 Å². The number of carbonyl (C=O) groups excluding carboxylic acids is 2. The van der Waals surface area contributed by atoms with E-state index in [1.54, 1.807) is 49.4 Å². The maximum Gasteiger partial charge on any atom is 0.344 e. The molecule has 1 aromatic heterocycles. The number of anilines is 1. The minimum absolute atomic E-state index is 0.00468. The van der Waals surface area contributed by atoms with E-state index in [-0.39, 0.29) is 53.3 Å². The van der Waals surface area contributed by atoms with Crippen LogP contribution in [-0.2, 0) is 9.53 Å². The normalized spacial score (nSPS) is 11.7. The van der Waals surface area contributed by atoms with Crippen LogP contribution in [0.15, 0.2) is 63.8 Å². The van der Waals surface area contributed by atoms with E-state index in [1.807, 2.05) is 0 Å². The highest BCUT2D eigenvalue weighted by Gasteiger charge is 2.23. The van der Waals surface area contributed by atoms with Crippen molar-refractivity contribution in [3.05, 3.63) is 70.4 Å². The second-order valence-corrected chi connectivity index (χ2v) is 8.49. The van der Waals surface area contributed by atoms with Crippen LogP contribution in [0.25, 0.3) is 22.3 Å². The zero-order valence-corrected chi connectivity index (χ0v) is 21.9. The van der Waals surface area contributed by atoms with Gasteiger partial charge in [0, 0.05) is 28.9 Å². The lowest BCUT2D eigenvalue weighted by Gasteiger charge is -2.16. The minimum Gasteiger partial charge on any atom is -0.493 e. The molecule has 3 aromatic carbocycles. The van der Waals surface area contributed by atoms with E-state index >= 15 is 0 Å². The van der Waals surface area contributed by atoms with Crippen LogP contribution >= 0.6 is 0 Å². The molecule has 1 N–H and O–H groups in total. The van der Waals surface area contributed by atoms with Crippen LogP contribution in [0.1, 0.15) is 17.3 Å². The second kappa shape index (κ2) is 11.3. The fourth-order valence-corrected chi connectivity index (χ4v) is 4.20. The molecule has 11 nitrogen and oxygen atoms in total. The molecule has 1 amide bonds. The molecule has 0 aliphatic carbocycles. The highest BCUT2D eigenvalue weighted by Crippen LogP contribution is 2.43. The van der Waals surface area contributed by atoms with E-state index < -0.39 is 18.0 Å². The summed E-state index contributed by atoms with van der Waals surface area (Å²) in [6.45, 7) is 1.52. The Bertz CT molecular complexity index is 1660. The Morgan fingerprint density at radius 2 is 1.77 bits per heavy atom. The summed E-state index contributed by atoms with van der Waals surface area (Å²) in [5.74, 6) is 0.712. The molecule has 206 valence electrons. The number of amides is 1. The zero-order chi connectivity index (χ0) is 28.2. The van der Waals surface area contributed by atoms with E-state index in [2.05, 4.69) is 5.32 Å². The summed E-state index contributed by atoms with van der Waals surface area (Å²) in [5, 5.41) is 2.90. The third-order valence-corrected chi connectivity index (χ3v) is 6.00. The van der Waals surface area contributed by atoms with Crippen LogP contribution in [0, 0.1) is 0 Å². The summed E-state index contributed by atoms with van der Waals surface area (Å²) in [7, 11) is 2.81. The Morgan fingerprint density at radius 3 is 2.55 bits per heavy atom. The Labute approximate surface area is 228 Å². The molecule has 4 aromatic rings. The highest BCUT2D eigenvalue weighted by molar-refractivity contribution is 6.05. The quantitative estimate of drug-likeness (QED) is 0.301. The van der Waals surface area contributed by atoms with Crippen LogP contribution in [0.5, 0.6) is 28.7 Å². The smallest absolute Gasteiger partial charge is 0.344 e. The number of hydrogen-bond donors (Lipinski definition) is 1. The molecule has 5 rings (SSSR count). The molecule has 0 fully saturated rings. The van der Waals surface area contributed by atoms with Crippen molar-refractivity contribution in [3.63, 3.8) is 0 Å². The number of nitrogens with one attached hydrogen (secondary N) is 1. The summed E-state index contributed by atoms with van der Waals surface area (Å²) in [6, 6.07) is 14.6. The fraction of sp³-hybridized carbons (Fsp3) is 0.207. The standard InChI is InChI=1S/C29H25NO10/c1-4-36-25(32)14-37-28-26-19(31)12-21(40-23(26)13-24(34-2)27(28)35-3)16-6-5-7-18(10-16)30-29(33)17-8-9-20-22(11-17)39-15-38-20/h5-13H,4,14-15H2,1-3H3,(H,30,33). The van der Waals surface area contributed by atoms with Gasteiger partial charge in [0.05, 0.1) is 20.8 Å². The molecule has 0 radical (unpaired) electrons. The van der Waals surface area contributed by atoms with Gasteiger partial charge in [0.2, 0.25) is 12.5 Å². The largest absolute Gasteiger partial charge is 0.493 e. The number of methoxy groups -OCH3 is 2. The predicted molar refractivity (Wildman–Crippen MR) is 144 cm³/mol. The van der Waals surface area contributed by atoms with Gasteiger partial charge in [-0.3, -0.25) is 9.59 Å². The number of benzene rings is 3. The summed E-state index contributed by atoms with van der Waals surface area (Å²) in [6.07, 6.45) is 0. The Hall–Kier alpha value is -5.19. The number of rotatable bonds is 9. The summed E-state index contributed by atoms with van der Waals surface area (Å²) in [5.41, 5.74) is 1.11. The van der Waals surface area contributed by atoms with Crippen molar-refractivity contribution >= 4 is 28.5 Å². The molecule has 40 heavy (non-hydrogen) atoms. The van der Waals surface area contributed by atoms with Gasteiger partial charge in [-0.25, -0.2) is 4.79 Å². The van der Waals surface area contributed by atoms with Crippen molar-refractivity contribution in [2.45, 2.75) is 6.92 Å². The Kier molecular flexibility index (Phi) is 7.45. The predicted octanol–water partition coefficient (Wildman–Crippen LogP) is 4.40. The fourth-order valence-electron chi connectivity index (χ4n) is 4.20. The average molecular weight is 548 g/mol. The third kappa shape index (κ3) is 5.21. The van der Waals surface area contributed by atoms with E-state index in [1.165, 1.54) is 26.4 Å².